The smallest absolute Gasteiger partial charge is 0.305 e. The molecule has 0 aliphatic rings. The number of benzene rings is 1. The van der Waals surface area contributed by atoms with Gasteiger partial charge in [-0.05, 0) is 26.8 Å². The minimum absolute atomic E-state index is 0.690. The molecule has 0 aliphatic carbocycles. The molecule has 0 aliphatic heterocycles. The molecule has 1 rings (SSSR count). The Kier molecular flexibility index (Phi) is 7.52. The van der Waals surface area contributed by atoms with Crippen molar-refractivity contribution in [1.29, 1.82) is 0 Å². The van der Waals surface area contributed by atoms with Crippen molar-refractivity contribution in [1.82, 2.24) is 4.72 Å². The summed E-state index contributed by atoms with van der Waals surface area (Å²) < 4.78 is 89.8. The van der Waals surface area contributed by atoms with Gasteiger partial charge in [0.1, 0.15) is 6.67 Å². The standard InChI is InChI=1S/C17H22F5NO3S/c1-15(2,3)27(25)23-16(10-18,11-6-5-7-12(19)14(11)20)17(21,22)9-8-13(24)26-4/h5-7,23H,8-10H2,1-4H3/t16-,27-/m1/s1. The fourth-order valence-corrected chi connectivity index (χ4v) is 3.18. The number of alkyl halides is 3. The van der Waals surface area contributed by atoms with E-state index < -0.39 is 69.9 Å². The number of carbonyl (C=O) groups is 1. The van der Waals surface area contributed by atoms with Gasteiger partial charge < -0.3 is 4.74 Å². The van der Waals surface area contributed by atoms with Gasteiger partial charge in [-0.25, -0.2) is 30.9 Å². The summed E-state index contributed by atoms with van der Waals surface area (Å²) in [5.74, 6) is -8.24. The van der Waals surface area contributed by atoms with Crippen LogP contribution >= 0.6 is 0 Å². The SMILES string of the molecule is COC(=O)CCC(F)(F)[C@](CF)(N[S@](=O)C(C)(C)C)c1cccc(F)c1F. The average Bonchev–Trinajstić information content (AvgIpc) is 2.59. The molecule has 0 unspecified atom stereocenters. The molecular weight excluding hydrogens is 393 g/mol. The Balaban J connectivity index is 3.56. The van der Waals surface area contributed by atoms with Crippen molar-refractivity contribution in [3.05, 3.63) is 35.4 Å². The molecule has 0 amide bonds. The lowest BCUT2D eigenvalue weighted by Crippen LogP contribution is -2.60. The molecule has 2 atom stereocenters. The van der Waals surface area contributed by atoms with Crippen molar-refractivity contribution in [3.63, 3.8) is 0 Å². The number of nitrogens with one attached hydrogen (secondary N) is 1. The summed E-state index contributed by atoms with van der Waals surface area (Å²) in [6, 6.07) is 2.42. The second kappa shape index (κ2) is 8.64. The fraction of sp³-hybridized carbons (Fsp3) is 0.588. The van der Waals surface area contributed by atoms with E-state index in [4.69, 9.17) is 0 Å². The normalized spacial score (nSPS) is 15.9. The highest BCUT2D eigenvalue weighted by molar-refractivity contribution is 7.84. The molecule has 0 heterocycles. The predicted molar refractivity (Wildman–Crippen MR) is 91.2 cm³/mol. The Morgan fingerprint density at radius 2 is 1.81 bits per heavy atom. The maximum Gasteiger partial charge on any atom is 0.305 e. The van der Waals surface area contributed by atoms with Crippen LogP contribution in [0.25, 0.3) is 0 Å². The summed E-state index contributed by atoms with van der Waals surface area (Å²) >= 11 is 0. The van der Waals surface area contributed by atoms with Gasteiger partial charge in [-0.1, -0.05) is 12.1 Å². The summed E-state index contributed by atoms with van der Waals surface area (Å²) in [5, 5.41) is 0. The van der Waals surface area contributed by atoms with Crippen LogP contribution in [-0.4, -0.2) is 34.6 Å². The van der Waals surface area contributed by atoms with Crippen LogP contribution in [0.4, 0.5) is 22.0 Å². The summed E-state index contributed by atoms with van der Waals surface area (Å²) in [7, 11) is -1.27. The molecule has 0 saturated carbocycles. The van der Waals surface area contributed by atoms with Crippen molar-refractivity contribution in [2.75, 3.05) is 13.8 Å². The van der Waals surface area contributed by atoms with Crippen LogP contribution in [0.1, 0.15) is 39.2 Å². The molecule has 0 bridgehead atoms. The zero-order chi connectivity index (χ0) is 21.0. The van der Waals surface area contributed by atoms with Crippen molar-refractivity contribution < 1.29 is 35.7 Å². The van der Waals surface area contributed by atoms with E-state index in [1.807, 2.05) is 4.72 Å². The quantitative estimate of drug-likeness (QED) is 0.520. The Morgan fingerprint density at radius 3 is 2.30 bits per heavy atom. The third-order valence-corrected chi connectivity index (χ3v) is 5.58. The van der Waals surface area contributed by atoms with Crippen LogP contribution in [0.3, 0.4) is 0 Å². The highest BCUT2D eigenvalue weighted by Crippen LogP contribution is 2.43. The van der Waals surface area contributed by atoms with E-state index in [9.17, 15) is 22.2 Å². The molecule has 0 fully saturated rings. The van der Waals surface area contributed by atoms with Gasteiger partial charge in [0.05, 0.1) is 29.3 Å². The summed E-state index contributed by atoms with van der Waals surface area (Å²) in [5.41, 5.74) is -4.16. The minimum atomic E-state index is -4.11. The molecule has 1 N–H and O–H groups in total. The van der Waals surface area contributed by atoms with E-state index in [0.29, 0.717) is 6.07 Å². The third kappa shape index (κ3) is 5.04. The maximum absolute atomic E-state index is 15.1. The molecular formula is C17H22F5NO3S. The fourth-order valence-electron chi connectivity index (χ4n) is 2.24. The minimum Gasteiger partial charge on any atom is -0.469 e. The van der Waals surface area contributed by atoms with Gasteiger partial charge in [0.2, 0.25) is 0 Å². The van der Waals surface area contributed by atoms with Gasteiger partial charge in [0.25, 0.3) is 5.92 Å². The molecule has 27 heavy (non-hydrogen) atoms. The molecule has 1 aromatic carbocycles. The topological polar surface area (TPSA) is 55.4 Å². The molecule has 154 valence electrons. The van der Waals surface area contributed by atoms with Crippen molar-refractivity contribution in [2.24, 2.45) is 0 Å². The zero-order valence-corrected chi connectivity index (χ0v) is 16.2. The van der Waals surface area contributed by atoms with E-state index in [2.05, 4.69) is 4.74 Å². The number of esters is 1. The first-order chi connectivity index (χ1) is 12.3. The average molecular weight is 415 g/mol. The highest BCUT2D eigenvalue weighted by atomic mass is 32.2. The summed E-state index contributed by atoms with van der Waals surface area (Å²) in [6.45, 7) is 2.41. The molecule has 0 aromatic heterocycles. The van der Waals surface area contributed by atoms with Crippen LogP contribution in [-0.2, 0) is 26.1 Å². The molecule has 0 spiro atoms. The highest BCUT2D eigenvalue weighted by Gasteiger charge is 2.58. The van der Waals surface area contributed by atoms with Crippen LogP contribution in [0.2, 0.25) is 0 Å². The summed E-state index contributed by atoms with van der Waals surface area (Å²) in [6.07, 6.45) is -2.03. The molecule has 1 aromatic rings. The Hall–Kier alpha value is -1.55. The molecule has 0 radical (unpaired) electrons. The van der Waals surface area contributed by atoms with Crippen LogP contribution in [0, 0.1) is 11.6 Å². The number of methoxy groups -OCH3 is 1. The summed E-state index contributed by atoms with van der Waals surface area (Å²) in [4.78, 5) is 11.2. The number of rotatable bonds is 8. The van der Waals surface area contributed by atoms with Gasteiger partial charge in [-0.15, -0.1) is 0 Å². The van der Waals surface area contributed by atoms with Crippen LogP contribution in [0.5, 0.6) is 0 Å². The second-order valence-corrected chi connectivity index (χ2v) is 8.87. The largest absolute Gasteiger partial charge is 0.469 e. The zero-order valence-electron chi connectivity index (χ0n) is 15.4. The van der Waals surface area contributed by atoms with E-state index >= 15 is 8.78 Å². The Bertz CT molecular complexity index is 708. The van der Waals surface area contributed by atoms with E-state index in [1.54, 1.807) is 0 Å². The monoisotopic (exact) mass is 415 g/mol. The van der Waals surface area contributed by atoms with Crippen LogP contribution in [0.15, 0.2) is 18.2 Å². The first-order valence-electron chi connectivity index (χ1n) is 7.97. The van der Waals surface area contributed by atoms with Gasteiger partial charge in [-0.2, -0.15) is 0 Å². The molecule has 4 nitrogen and oxygen atoms in total. The van der Waals surface area contributed by atoms with E-state index in [-0.39, 0.29) is 0 Å². The number of carbonyl (C=O) groups excluding carboxylic acids is 1. The Morgan fingerprint density at radius 1 is 1.22 bits per heavy atom. The second-order valence-electron chi connectivity index (χ2n) is 6.90. The van der Waals surface area contributed by atoms with Crippen molar-refractivity contribution >= 4 is 17.0 Å². The van der Waals surface area contributed by atoms with Crippen LogP contribution < -0.4 is 4.72 Å². The molecule has 0 saturated heterocycles. The number of hydrogen-bond acceptors (Lipinski definition) is 3. The molecule has 10 heteroatoms. The predicted octanol–water partition coefficient (Wildman–Crippen LogP) is 3.77. The Labute approximate surface area is 157 Å². The van der Waals surface area contributed by atoms with Gasteiger partial charge in [-0.3, -0.25) is 4.79 Å². The first-order valence-corrected chi connectivity index (χ1v) is 9.12. The van der Waals surface area contributed by atoms with Gasteiger partial charge in [0.15, 0.2) is 17.2 Å². The van der Waals surface area contributed by atoms with Gasteiger partial charge >= 0.3 is 5.97 Å². The third-order valence-electron chi connectivity index (χ3n) is 3.93. The lowest BCUT2D eigenvalue weighted by atomic mass is 9.83. The first kappa shape index (κ1) is 23.5. The van der Waals surface area contributed by atoms with Crippen molar-refractivity contribution in [3.8, 4) is 0 Å². The van der Waals surface area contributed by atoms with E-state index in [1.165, 1.54) is 20.8 Å². The van der Waals surface area contributed by atoms with Gasteiger partial charge in [0, 0.05) is 12.0 Å². The van der Waals surface area contributed by atoms with Crippen molar-refractivity contribution in [2.45, 2.75) is 49.8 Å². The number of hydrogen-bond donors (Lipinski definition) is 1. The van der Waals surface area contributed by atoms with E-state index in [0.717, 1.165) is 19.2 Å². The number of halogens is 5. The lowest BCUT2D eigenvalue weighted by molar-refractivity contribution is -0.146. The number of ether oxygens (including phenoxy) is 1. The lowest BCUT2D eigenvalue weighted by Gasteiger charge is -2.40. The maximum atomic E-state index is 15.1.